The first kappa shape index (κ1) is 12.5. The molecule has 3 heterocycles. The minimum Gasteiger partial charge on any atom is -0.338 e. The topological polar surface area (TPSA) is 49.6 Å². The lowest BCUT2D eigenvalue weighted by atomic mass is 10.2. The molecule has 0 aliphatic carbocycles. The Balaban J connectivity index is 1.80. The van der Waals surface area contributed by atoms with Gasteiger partial charge in [-0.3, -0.25) is 9.56 Å². The smallest absolute Gasteiger partial charge is 0.232 e. The molecule has 21 heavy (non-hydrogen) atoms. The van der Waals surface area contributed by atoms with Crippen LogP contribution in [0.25, 0.3) is 5.69 Å². The zero-order chi connectivity index (χ0) is 14.2. The summed E-state index contributed by atoms with van der Waals surface area (Å²) < 4.78 is 2.16. The van der Waals surface area contributed by atoms with E-state index < -0.39 is 0 Å². The summed E-state index contributed by atoms with van der Waals surface area (Å²) in [6.07, 6.45) is 1.93. The molecule has 0 amide bonds. The SMILES string of the molecule is CN1CCN(c2nnc3n2-c2ccccc2C=NC3)CC1. The van der Waals surface area contributed by atoms with E-state index in [-0.39, 0.29) is 0 Å². The van der Waals surface area contributed by atoms with Crippen molar-refractivity contribution in [1.82, 2.24) is 19.7 Å². The summed E-state index contributed by atoms with van der Waals surface area (Å²) in [7, 11) is 2.16. The van der Waals surface area contributed by atoms with Crippen LogP contribution in [0.4, 0.5) is 5.95 Å². The lowest BCUT2D eigenvalue weighted by Crippen LogP contribution is -2.45. The molecular weight excluding hydrogens is 264 g/mol. The third-order valence-corrected chi connectivity index (χ3v) is 4.14. The lowest BCUT2D eigenvalue weighted by Gasteiger charge is -2.33. The molecular formula is C15H18N6. The fraction of sp³-hybridized carbons (Fsp3) is 0.400. The number of para-hydroxylation sites is 1. The number of rotatable bonds is 1. The molecule has 1 saturated heterocycles. The van der Waals surface area contributed by atoms with Crippen molar-refractivity contribution in [1.29, 1.82) is 0 Å². The summed E-state index contributed by atoms with van der Waals surface area (Å²) in [5, 5.41) is 8.79. The minimum atomic E-state index is 0.579. The highest BCUT2D eigenvalue weighted by molar-refractivity contribution is 5.85. The van der Waals surface area contributed by atoms with E-state index in [1.165, 1.54) is 0 Å². The summed E-state index contributed by atoms with van der Waals surface area (Å²) in [5.41, 5.74) is 2.24. The molecule has 1 aromatic heterocycles. The van der Waals surface area contributed by atoms with Crippen LogP contribution in [-0.2, 0) is 6.54 Å². The van der Waals surface area contributed by atoms with Gasteiger partial charge in [0, 0.05) is 38.0 Å². The normalized spacial score (nSPS) is 18.2. The second-order valence-electron chi connectivity index (χ2n) is 5.57. The monoisotopic (exact) mass is 282 g/mol. The van der Waals surface area contributed by atoms with Gasteiger partial charge in [-0.15, -0.1) is 10.2 Å². The number of hydrogen-bond donors (Lipinski definition) is 0. The molecule has 4 rings (SSSR count). The Hall–Kier alpha value is -2.21. The van der Waals surface area contributed by atoms with Crippen molar-refractivity contribution in [3.63, 3.8) is 0 Å². The van der Waals surface area contributed by atoms with Crippen LogP contribution in [0.5, 0.6) is 0 Å². The molecule has 0 unspecified atom stereocenters. The number of anilines is 1. The molecule has 6 nitrogen and oxygen atoms in total. The molecule has 2 aromatic rings. The molecule has 2 aliphatic rings. The van der Waals surface area contributed by atoms with Crippen molar-refractivity contribution in [2.45, 2.75) is 6.54 Å². The van der Waals surface area contributed by atoms with Crippen molar-refractivity contribution in [2.24, 2.45) is 4.99 Å². The van der Waals surface area contributed by atoms with Gasteiger partial charge in [0.1, 0.15) is 0 Å². The third kappa shape index (κ3) is 2.12. The van der Waals surface area contributed by atoms with Crippen LogP contribution in [0.15, 0.2) is 29.3 Å². The van der Waals surface area contributed by atoms with Crippen LogP contribution in [0.2, 0.25) is 0 Å². The maximum Gasteiger partial charge on any atom is 0.232 e. The summed E-state index contributed by atoms with van der Waals surface area (Å²) in [6.45, 7) is 4.66. The molecule has 0 spiro atoms. The van der Waals surface area contributed by atoms with Crippen molar-refractivity contribution < 1.29 is 0 Å². The second-order valence-corrected chi connectivity index (χ2v) is 5.57. The number of aromatic nitrogens is 3. The van der Waals surface area contributed by atoms with Crippen LogP contribution >= 0.6 is 0 Å². The lowest BCUT2D eigenvalue weighted by molar-refractivity contribution is 0.310. The Labute approximate surface area is 123 Å². The molecule has 0 atom stereocenters. The second kappa shape index (κ2) is 4.96. The fourth-order valence-corrected chi connectivity index (χ4v) is 2.89. The van der Waals surface area contributed by atoms with Gasteiger partial charge in [0.05, 0.1) is 12.2 Å². The molecule has 2 aliphatic heterocycles. The van der Waals surface area contributed by atoms with E-state index in [1.54, 1.807) is 0 Å². The average Bonchev–Trinajstić information content (AvgIpc) is 2.84. The standard InChI is InChI=1S/C15H18N6/c1-19-6-8-20(9-7-19)15-18-17-14-11-16-10-12-4-2-3-5-13(12)21(14)15/h2-5,10H,6-9,11H2,1H3. The number of piperazine rings is 1. The van der Waals surface area contributed by atoms with E-state index in [0.717, 1.165) is 49.2 Å². The minimum absolute atomic E-state index is 0.579. The summed E-state index contributed by atoms with van der Waals surface area (Å²) in [6, 6.07) is 8.28. The predicted octanol–water partition coefficient (Wildman–Crippen LogP) is 0.952. The van der Waals surface area contributed by atoms with Gasteiger partial charge < -0.3 is 9.80 Å². The van der Waals surface area contributed by atoms with Crippen molar-refractivity contribution in [3.05, 3.63) is 35.7 Å². The van der Waals surface area contributed by atoms with Gasteiger partial charge in [0.15, 0.2) is 5.82 Å². The Kier molecular flexibility index (Phi) is 2.96. The molecule has 108 valence electrons. The summed E-state index contributed by atoms with van der Waals surface area (Å²) >= 11 is 0. The van der Waals surface area contributed by atoms with Gasteiger partial charge in [0.2, 0.25) is 5.95 Å². The predicted molar refractivity (Wildman–Crippen MR) is 82.4 cm³/mol. The van der Waals surface area contributed by atoms with Crippen LogP contribution < -0.4 is 4.90 Å². The van der Waals surface area contributed by atoms with Crippen molar-refractivity contribution >= 4 is 12.2 Å². The number of benzene rings is 1. The fourth-order valence-electron chi connectivity index (χ4n) is 2.89. The van der Waals surface area contributed by atoms with Gasteiger partial charge >= 0.3 is 0 Å². The number of likely N-dealkylation sites (N-methyl/N-ethyl adjacent to an activating group) is 1. The highest BCUT2D eigenvalue weighted by Gasteiger charge is 2.24. The number of nitrogens with zero attached hydrogens (tertiary/aromatic N) is 6. The van der Waals surface area contributed by atoms with E-state index in [4.69, 9.17) is 0 Å². The van der Waals surface area contributed by atoms with Gasteiger partial charge in [-0.05, 0) is 13.1 Å². The van der Waals surface area contributed by atoms with E-state index in [9.17, 15) is 0 Å². The van der Waals surface area contributed by atoms with Crippen molar-refractivity contribution in [3.8, 4) is 5.69 Å². The Morgan fingerprint density at radius 2 is 1.81 bits per heavy atom. The maximum atomic E-state index is 4.45. The average molecular weight is 282 g/mol. The zero-order valence-corrected chi connectivity index (χ0v) is 12.1. The first-order chi connectivity index (χ1) is 10.3. The van der Waals surface area contributed by atoms with Crippen LogP contribution in [0, 0.1) is 0 Å². The largest absolute Gasteiger partial charge is 0.338 e. The van der Waals surface area contributed by atoms with Crippen molar-refractivity contribution in [2.75, 3.05) is 38.1 Å². The van der Waals surface area contributed by atoms with E-state index >= 15 is 0 Å². The molecule has 0 N–H and O–H groups in total. The van der Waals surface area contributed by atoms with Gasteiger partial charge in [-0.25, -0.2) is 0 Å². The maximum absolute atomic E-state index is 4.45. The molecule has 0 radical (unpaired) electrons. The summed E-state index contributed by atoms with van der Waals surface area (Å²) in [4.78, 5) is 9.11. The quantitative estimate of drug-likeness (QED) is 0.781. The number of aliphatic imine (C=N–C) groups is 1. The van der Waals surface area contributed by atoms with Gasteiger partial charge in [-0.2, -0.15) is 0 Å². The van der Waals surface area contributed by atoms with Crippen LogP contribution in [0.1, 0.15) is 11.4 Å². The Morgan fingerprint density at radius 1 is 1.00 bits per heavy atom. The summed E-state index contributed by atoms with van der Waals surface area (Å²) in [5.74, 6) is 1.85. The molecule has 1 aromatic carbocycles. The first-order valence-electron chi connectivity index (χ1n) is 7.30. The molecule has 6 heteroatoms. The highest BCUT2D eigenvalue weighted by Crippen LogP contribution is 2.25. The first-order valence-corrected chi connectivity index (χ1v) is 7.30. The molecule has 0 saturated carbocycles. The van der Waals surface area contributed by atoms with E-state index in [0.29, 0.717) is 6.54 Å². The van der Waals surface area contributed by atoms with Gasteiger partial charge in [-0.1, -0.05) is 18.2 Å². The molecule has 0 bridgehead atoms. The Bertz CT molecular complexity index is 681. The number of hydrogen-bond acceptors (Lipinski definition) is 5. The van der Waals surface area contributed by atoms with E-state index in [2.05, 4.69) is 54.8 Å². The zero-order valence-electron chi connectivity index (χ0n) is 12.1. The van der Waals surface area contributed by atoms with E-state index in [1.807, 2.05) is 12.3 Å². The van der Waals surface area contributed by atoms with Crippen LogP contribution in [-0.4, -0.2) is 59.1 Å². The molecule has 1 fully saturated rings. The third-order valence-electron chi connectivity index (χ3n) is 4.14. The van der Waals surface area contributed by atoms with Crippen LogP contribution in [0.3, 0.4) is 0 Å². The highest BCUT2D eigenvalue weighted by atomic mass is 15.4. The Morgan fingerprint density at radius 3 is 2.67 bits per heavy atom. The van der Waals surface area contributed by atoms with Gasteiger partial charge in [0.25, 0.3) is 0 Å². The number of fused-ring (bicyclic) bond motifs is 3.